The molecule has 4 aromatic carbocycles. The molecule has 6 aromatic rings. The first-order chi connectivity index (χ1) is 37.9. The number of benzene rings is 4. The molecule has 2 aromatic heterocycles. The summed E-state index contributed by atoms with van der Waals surface area (Å²) in [5.41, 5.74) is 16.4. The normalized spacial score (nSPS) is 13.1. The van der Waals surface area contributed by atoms with E-state index in [4.69, 9.17) is 24.7 Å². The lowest BCUT2D eigenvalue weighted by molar-refractivity contribution is -0.128. The van der Waals surface area contributed by atoms with Crippen molar-refractivity contribution in [3.63, 3.8) is 0 Å². The van der Waals surface area contributed by atoms with Gasteiger partial charge in [-0.25, -0.2) is 9.98 Å². The molecule has 0 bridgehead atoms. The van der Waals surface area contributed by atoms with Crippen molar-refractivity contribution in [3.05, 3.63) is 154 Å². The molecule has 0 saturated carbocycles. The van der Waals surface area contributed by atoms with Crippen LogP contribution in [-0.2, 0) is 22.7 Å². The molecule has 4 heterocycles. The highest BCUT2D eigenvalue weighted by molar-refractivity contribution is 6.09. The van der Waals surface area contributed by atoms with E-state index in [0.29, 0.717) is 95.3 Å². The smallest absolute Gasteiger partial charge is 0.321 e. The number of amides is 2. The number of aromatic nitrogens is 3. The first-order valence-electron chi connectivity index (χ1n) is 26.5. The van der Waals surface area contributed by atoms with Gasteiger partial charge in [-0.15, -0.1) is 5.10 Å². The van der Waals surface area contributed by atoms with E-state index in [-0.39, 0.29) is 37.2 Å². The average Bonchev–Trinajstić information content (AvgIpc) is 4.06. The molecule has 3 N–H and O–H groups in total. The minimum atomic E-state index is -0.0681. The van der Waals surface area contributed by atoms with Gasteiger partial charge >= 0.3 is 6.01 Å². The highest BCUT2D eigenvalue weighted by Gasteiger charge is 2.25. The topological polar surface area (TPSA) is 209 Å². The van der Waals surface area contributed by atoms with Crippen LogP contribution in [0.5, 0.6) is 0 Å². The molecule has 402 valence electrons. The van der Waals surface area contributed by atoms with E-state index in [9.17, 15) is 19.2 Å². The first-order valence-corrected chi connectivity index (χ1v) is 26.5. The van der Waals surface area contributed by atoms with Gasteiger partial charge in [-0.3, -0.25) is 24.5 Å². The Balaban J connectivity index is 1.00. The van der Waals surface area contributed by atoms with Crippen LogP contribution in [0.1, 0.15) is 121 Å². The Morgan fingerprint density at radius 1 is 0.615 bits per heavy atom. The van der Waals surface area contributed by atoms with Gasteiger partial charge < -0.3 is 34.3 Å². The van der Waals surface area contributed by atoms with E-state index < -0.39 is 0 Å². The van der Waals surface area contributed by atoms with Crippen molar-refractivity contribution < 1.29 is 28.1 Å². The molecule has 17 nitrogen and oxygen atoms in total. The van der Waals surface area contributed by atoms with Crippen molar-refractivity contribution in [1.29, 1.82) is 0 Å². The standard InChI is InChI=1S/C61H67N11O6/c1-7-23-71(24-8-2)59(75)51-31-47-15-11-43(33-54(47)64-56(62)35-51)41-13-17-50(40-74)46(29-41)21-28-70(6)38-58-67-68-61(77-58)66-57-36-52(60(76)72(25-9-3)26-10-4)32-48-16-12-44(34-55(48)65-57)42-14-18-49(39-73)45(30-42)20-27-69(5)37-53-19-22-63-78-53/h11-22,27-34,39-40H,7-10,23-26,35-38H2,1-6H3,(H2,62,64)(H,65,66,68)/b27-20-,28-21-. The van der Waals surface area contributed by atoms with Crippen molar-refractivity contribution in [2.24, 2.45) is 15.7 Å². The van der Waals surface area contributed by atoms with E-state index in [1.54, 1.807) is 24.4 Å². The van der Waals surface area contributed by atoms with E-state index >= 15 is 0 Å². The third-order valence-electron chi connectivity index (χ3n) is 13.2. The number of nitrogens with two attached hydrogens (primary N) is 1. The molecular formula is C61H67N11O6. The fraction of sp³-hybridized carbons (Fsp3) is 0.295. The zero-order valence-electron chi connectivity index (χ0n) is 45.2. The number of carbonyl (C=O) groups excluding carboxylic acids is 4. The second-order valence-electron chi connectivity index (χ2n) is 19.5. The molecule has 17 heteroatoms. The predicted octanol–water partition coefficient (Wildman–Crippen LogP) is 11.2. The maximum Gasteiger partial charge on any atom is 0.321 e. The lowest BCUT2D eigenvalue weighted by atomic mass is 9.97. The Morgan fingerprint density at radius 2 is 1.12 bits per heavy atom. The number of nitrogens with zero attached hydrogens (tertiary/aromatic N) is 9. The zero-order chi connectivity index (χ0) is 55.1. The summed E-state index contributed by atoms with van der Waals surface area (Å²) in [7, 11) is 3.77. The van der Waals surface area contributed by atoms with Crippen LogP contribution in [-0.4, -0.2) is 111 Å². The lowest BCUT2D eigenvalue weighted by Gasteiger charge is -2.23. The van der Waals surface area contributed by atoms with Gasteiger partial charge in [0.2, 0.25) is 17.7 Å². The molecule has 0 atom stereocenters. The number of aldehydes is 2. The number of amidine groups is 2. The number of hydrogen-bond donors (Lipinski definition) is 2. The number of hydrogen-bond acceptors (Lipinski definition) is 15. The minimum absolute atomic E-state index is 0.0182. The number of carbonyl (C=O) groups is 4. The Kier molecular flexibility index (Phi) is 18.5. The summed E-state index contributed by atoms with van der Waals surface area (Å²) in [5, 5.41) is 15.7. The summed E-state index contributed by atoms with van der Waals surface area (Å²) < 4.78 is 11.4. The molecule has 2 aliphatic heterocycles. The zero-order valence-corrected chi connectivity index (χ0v) is 45.2. The number of anilines is 1. The maximum absolute atomic E-state index is 14.2. The Labute approximate surface area is 455 Å². The lowest BCUT2D eigenvalue weighted by Crippen LogP contribution is -2.34. The van der Waals surface area contributed by atoms with Crippen LogP contribution in [0.2, 0.25) is 0 Å². The van der Waals surface area contributed by atoms with Gasteiger partial charge in [0.1, 0.15) is 11.7 Å². The van der Waals surface area contributed by atoms with Crippen molar-refractivity contribution >= 4 is 77.8 Å². The molecule has 0 aliphatic carbocycles. The third-order valence-corrected chi connectivity index (χ3v) is 13.2. The van der Waals surface area contributed by atoms with Crippen molar-refractivity contribution in [3.8, 4) is 22.3 Å². The van der Waals surface area contributed by atoms with E-state index in [0.717, 1.165) is 77.2 Å². The molecule has 0 unspecified atom stereocenters. The molecule has 0 spiro atoms. The Hall–Kier alpha value is -8.99. The fourth-order valence-corrected chi connectivity index (χ4v) is 9.39. The second-order valence-corrected chi connectivity index (χ2v) is 19.5. The Morgan fingerprint density at radius 3 is 1.63 bits per heavy atom. The first kappa shape index (κ1) is 55.2. The second kappa shape index (κ2) is 26.2. The predicted molar refractivity (Wildman–Crippen MR) is 308 cm³/mol. The molecule has 0 radical (unpaired) electrons. The summed E-state index contributed by atoms with van der Waals surface area (Å²) in [6.07, 6.45) is 18.4. The molecule has 0 saturated heterocycles. The maximum atomic E-state index is 14.2. The van der Waals surface area contributed by atoms with Crippen LogP contribution in [0.4, 0.5) is 17.4 Å². The van der Waals surface area contributed by atoms with Crippen LogP contribution >= 0.6 is 0 Å². The largest absolute Gasteiger partial charge is 0.406 e. The van der Waals surface area contributed by atoms with Gasteiger partial charge in [-0.1, -0.05) is 86.5 Å². The van der Waals surface area contributed by atoms with Crippen LogP contribution in [0, 0.1) is 0 Å². The van der Waals surface area contributed by atoms with E-state index in [1.165, 1.54) is 0 Å². The van der Waals surface area contributed by atoms with Crippen LogP contribution in [0.3, 0.4) is 0 Å². The monoisotopic (exact) mass is 1050 g/mol. The average molecular weight is 1050 g/mol. The van der Waals surface area contributed by atoms with E-state index in [2.05, 4.69) is 48.4 Å². The quantitative estimate of drug-likeness (QED) is 0.0573. The van der Waals surface area contributed by atoms with Crippen LogP contribution < -0.4 is 11.1 Å². The number of aliphatic imine (C=N–C) groups is 2. The van der Waals surface area contributed by atoms with Gasteiger partial charge in [-0.2, -0.15) is 0 Å². The molecule has 2 aliphatic rings. The summed E-state index contributed by atoms with van der Waals surface area (Å²) in [6, 6.07) is 25.0. The third kappa shape index (κ3) is 13.9. The van der Waals surface area contributed by atoms with Gasteiger partial charge in [0.25, 0.3) is 0 Å². The van der Waals surface area contributed by atoms with Crippen LogP contribution in [0.25, 0.3) is 46.6 Å². The van der Waals surface area contributed by atoms with Crippen molar-refractivity contribution in [2.75, 3.05) is 45.6 Å². The van der Waals surface area contributed by atoms with Gasteiger partial charge in [0.05, 0.1) is 30.7 Å². The molecule has 78 heavy (non-hydrogen) atoms. The summed E-state index contributed by atoms with van der Waals surface area (Å²) >= 11 is 0. The number of rotatable bonds is 23. The van der Waals surface area contributed by atoms with Crippen LogP contribution in [0.15, 0.2) is 128 Å². The number of nitrogens with one attached hydrogen (secondary N) is 1. The molecular weight excluding hydrogens is 983 g/mol. The SMILES string of the molecule is CCCN(CCC)C(=O)C1=Cc2ccc(-c3ccc(C=O)c(/C=C\N(C)Cc4nnc(NC5=Nc6cc(-c7ccc(C=O)c(/C=C\N(C)Cc8ccno8)c7)ccc6C=C(C(=O)N(CCC)CCC)C5)o4)c3)cc2N=C(N)C1. The molecule has 0 fully saturated rings. The summed E-state index contributed by atoms with van der Waals surface area (Å²) in [5.74, 6) is 1.76. The summed E-state index contributed by atoms with van der Waals surface area (Å²) in [6.45, 7) is 11.6. The highest BCUT2D eigenvalue weighted by atomic mass is 16.5. The van der Waals surface area contributed by atoms with E-state index in [1.807, 2.05) is 131 Å². The molecule has 2 amide bonds. The summed E-state index contributed by atoms with van der Waals surface area (Å²) in [4.78, 5) is 69.5. The minimum Gasteiger partial charge on any atom is -0.406 e. The molecule has 8 rings (SSSR count). The fourth-order valence-electron chi connectivity index (χ4n) is 9.39. The number of fused-ring (bicyclic) bond motifs is 2. The van der Waals surface area contributed by atoms with Gasteiger partial charge in [0.15, 0.2) is 18.3 Å². The highest BCUT2D eigenvalue weighted by Crippen LogP contribution is 2.36. The van der Waals surface area contributed by atoms with Crippen molar-refractivity contribution in [2.45, 2.75) is 79.3 Å². The van der Waals surface area contributed by atoms with Gasteiger partial charge in [-0.05, 0) is 120 Å². The Bertz CT molecular complexity index is 3320. The van der Waals surface area contributed by atoms with Gasteiger partial charge in [0, 0.05) is 92.6 Å². The van der Waals surface area contributed by atoms with Crippen molar-refractivity contribution in [1.82, 2.24) is 35.0 Å².